The molecular weight excluding hydrogens is 381 g/mol. The van der Waals surface area contributed by atoms with E-state index in [1.54, 1.807) is 6.07 Å². The number of ketones is 1. The summed E-state index contributed by atoms with van der Waals surface area (Å²) in [5.41, 5.74) is 2.10. The maximum Gasteiger partial charge on any atom is 0.261 e. The van der Waals surface area contributed by atoms with E-state index in [0.29, 0.717) is 24.1 Å². The monoisotopic (exact) mass is 393 g/mol. The van der Waals surface area contributed by atoms with Gasteiger partial charge in [-0.25, -0.2) is 4.90 Å². The van der Waals surface area contributed by atoms with Crippen molar-refractivity contribution in [3.63, 3.8) is 0 Å². The lowest BCUT2D eigenvalue weighted by molar-refractivity contribution is -0.131. The van der Waals surface area contributed by atoms with Crippen molar-refractivity contribution < 1.29 is 14.4 Å². The van der Waals surface area contributed by atoms with Crippen molar-refractivity contribution in [1.29, 1.82) is 0 Å². The van der Waals surface area contributed by atoms with Crippen LogP contribution in [0.4, 0.5) is 5.69 Å². The van der Waals surface area contributed by atoms with E-state index in [1.165, 1.54) is 4.90 Å². The number of benzene rings is 1. The summed E-state index contributed by atoms with van der Waals surface area (Å²) in [6.07, 6.45) is 1.85. The first-order valence-electron chi connectivity index (χ1n) is 6.96. The topological polar surface area (TPSA) is 54.5 Å². The molecule has 0 spiro atoms. The smallest absolute Gasteiger partial charge is 0.261 e. The van der Waals surface area contributed by atoms with Crippen LogP contribution < -0.4 is 4.90 Å². The highest BCUT2D eigenvalue weighted by atomic mass is 127. The zero-order valence-electron chi connectivity index (χ0n) is 11.1. The summed E-state index contributed by atoms with van der Waals surface area (Å²) in [5, 5.41) is 0. The van der Waals surface area contributed by atoms with Gasteiger partial charge in [0.05, 0.1) is 11.6 Å². The lowest BCUT2D eigenvalue weighted by Crippen LogP contribution is -2.38. The number of anilines is 1. The van der Waals surface area contributed by atoms with Gasteiger partial charge in [-0.1, -0.05) is 11.6 Å². The Hall–Kier alpha value is -1.50. The minimum atomic E-state index is -0.527. The Labute approximate surface area is 135 Å². The molecule has 3 aliphatic carbocycles. The second-order valence-corrected chi connectivity index (χ2v) is 6.99. The number of fused-ring (bicyclic) bond motifs is 2. The predicted octanol–water partition coefficient (Wildman–Crippen LogP) is 2.46. The molecule has 4 aliphatic rings. The van der Waals surface area contributed by atoms with Gasteiger partial charge in [0.2, 0.25) is 5.91 Å². The van der Waals surface area contributed by atoms with Crippen LogP contribution in [0, 0.1) is 15.4 Å². The van der Waals surface area contributed by atoms with Gasteiger partial charge in [0.25, 0.3) is 5.91 Å². The summed E-state index contributed by atoms with van der Waals surface area (Å²) in [4.78, 5) is 38.7. The quantitative estimate of drug-likeness (QED) is 0.544. The molecule has 0 aromatic heterocycles. The van der Waals surface area contributed by atoms with Crippen molar-refractivity contribution in [2.75, 3.05) is 4.90 Å². The number of amides is 2. The van der Waals surface area contributed by atoms with Crippen molar-refractivity contribution in [1.82, 2.24) is 0 Å². The van der Waals surface area contributed by atoms with Crippen molar-refractivity contribution in [3.8, 4) is 0 Å². The summed E-state index contributed by atoms with van der Waals surface area (Å²) in [7, 11) is 0. The van der Waals surface area contributed by atoms with Gasteiger partial charge >= 0.3 is 0 Å². The molecule has 0 radical (unpaired) electrons. The summed E-state index contributed by atoms with van der Waals surface area (Å²) < 4.78 is 0.970. The molecule has 5 heteroatoms. The zero-order chi connectivity index (χ0) is 14.7. The molecule has 2 fully saturated rings. The molecular formula is C16H12INO3. The molecule has 21 heavy (non-hydrogen) atoms. The van der Waals surface area contributed by atoms with Gasteiger partial charge in [-0.2, -0.15) is 0 Å². The number of carbonyl (C=O) groups is 3. The maximum atomic E-state index is 12.7. The zero-order valence-corrected chi connectivity index (χ0v) is 13.3. The van der Waals surface area contributed by atoms with Crippen LogP contribution in [0.3, 0.4) is 0 Å². The molecule has 1 aromatic carbocycles. The van der Waals surface area contributed by atoms with E-state index in [0.717, 1.165) is 15.6 Å². The van der Waals surface area contributed by atoms with Gasteiger partial charge in [-0.15, -0.1) is 0 Å². The first kappa shape index (κ1) is 13.2. The maximum absolute atomic E-state index is 12.7. The standard InChI is InChI=1S/C16H12INO3/c17-9-2-1-3-10(7-9)18-15(20)13-8-4-5-11(12(19)6-8)14(13)16(18)21/h1-3,7,11,14H,4-6H2. The minimum Gasteiger partial charge on any atom is -0.299 e. The Morgan fingerprint density at radius 3 is 2.71 bits per heavy atom. The molecule has 1 aliphatic heterocycles. The number of rotatable bonds is 1. The second kappa shape index (κ2) is 4.50. The van der Waals surface area contributed by atoms with E-state index in [-0.39, 0.29) is 23.5 Å². The first-order chi connectivity index (χ1) is 10.1. The second-order valence-electron chi connectivity index (χ2n) is 5.74. The Kier molecular flexibility index (Phi) is 2.82. The third kappa shape index (κ3) is 1.76. The first-order valence-corrected chi connectivity index (χ1v) is 8.04. The van der Waals surface area contributed by atoms with E-state index in [9.17, 15) is 14.4 Å². The van der Waals surface area contributed by atoms with Gasteiger partial charge in [0.15, 0.2) is 0 Å². The fraction of sp³-hybridized carbons (Fsp3) is 0.312. The van der Waals surface area contributed by atoms with Gasteiger partial charge < -0.3 is 0 Å². The molecule has 1 heterocycles. The van der Waals surface area contributed by atoms with Crippen LogP contribution in [-0.4, -0.2) is 17.6 Å². The Morgan fingerprint density at radius 2 is 2.00 bits per heavy atom. The average Bonchev–Trinajstić information content (AvgIpc) is 2.73. The predicted molar refractivity (Wildman–Crippen MR) is 84.5 cm³/mol. The van der Waals surface area contributed by atoms with Crippen molar-refractivity contribution in [3.05, 3.63) is 39.0 Å². The minimum absolute atomic E-state index is 0.121. The van der Waals surface area contributed by atoms with E-state index in [2.05, 4.69) is 22.6 Å². The molecule has 5 rings (SSSR count). The van der Waals surface area contributed by atoms with Crippen molar-refractivity contribution in [2.45, 2.75) is 19.3 Å². The fourth-order valence-electron chi connectivity index (χ4n) is 3.72. The van der Waals surface area contributed by atoms with Crippen LogP contribution in [0.2, 0.25) is 0 Å². The Bertz CT molecular complexity index is 737. The highest BCUT2D eigenvalue weighted by molar-refractivity contribution is 14.1. The Balaban J connectivity index is 1.85. The highest BCUT2D eigenvalue weighted by Gasteiger charge is 2.55. The van der Waals surface area contributed by atoms with Crippen LogP contribution in [0.1, 0.15) is 19.3 Å². The van der Waals surface area contributed by atoms with E-state index in [1.807, 2.05) is 18.2 Å². The number of nitrogens with zero attached hydrogens (tertiary/aromatic N) is 1. The van der Waals surface area contributed by atoms with Crippen LogP contribution in [0.5, 0.6) is 0 Å². The van der Waals surface area contributed by atoms with E-state index in [4.69, 9.17) is 0 Å². The van der Waals surface area contributed by atoms with Gasteiger partial charge in [0, 0.05) is 21.5 Å². The van der Waals surface area contributed by atoms with E-state index < -0.39 is 5.92 Å². The summed E-state index contributed by atoms with van der Waals surface area (Å²) >= 11 is 2.16. The largest absolute Gasteiger partial charge is 0.299 e. The summed E-state index contributed by atoms with van der Waals surface area (Å²) in [6.45, 7) is 0. The highest BCUT2D eigenvalue weighted by Crippen LogP contribution is 2.48. The molecule has 2 atom stereocenters. The summed E-state index contributed by atoms with van der Waals surface area (Å²) in [5.74, 6) is -1.15. The van der Waals surface area contributed by atoms with Crippen LogP contribution in [0.15, 0.2) is 35.4 Å². The molecule has 1 saturated heterocycles. The third-order valence-corrected chi connectivity index (χ3v) is 5.31. The molecule has 2 amide bonds. The number of hydrogen-bond acceptors (Lipinski definition) is 3. The molecule has 2 bridgehead atoms. The summed E-state index contributed by atoms with van der Waals surface area (Å²) in [6, 6.07) is 7.33. The van der Waals surface area contributed by atoms with Gasteiger partial charge in [-0.3, -0.25) is 14.4 Å². The van der Waals surface area contributed by atoms with Crippen LogP contribution in [-0.2, 0) is 14.4 Å². The SMILES string of the molecule is O=C1CC2=C3C(=O)N(c4cccc(I)c4)C(=O)C3C1CC2. The van der Waals surface area contributed by atoms with Gasteiger partial charge in [0.1, 0.15) is 5.78 Å². The molecule has 4 nitrogen and oxygen atoms in total. The number of hydrogen-bond donors (Lipinski definition) is 0. The van der Waals surface area contributed by atoms with Crippen LogP contribution >= 0.6 is 22.6 Å². The van der Waals surface area contributed by atoms with Crippen molar-refractivity contribution in [2.24, 2.45) is 11.8 Å². The van der Waals surface area contributed by atoms with E-state index >= 15 is 0 Å². The normalized spacial score (nSPS) is 27.7. The number of halogens is 1. The third-order valence-electron chi connectivity index (χ3n) is 4.64. The van der Waals surface area contributed by atoms with Gasteiger partial charge in [-0.05, 0) is 53.6 Å². The lowest BCUT2D eigenvalue weighted by Gasteiger charge is -2.33. The average molecular weight is 393 g/mol. The lowest BCUT2D eigenvalue weighted by atomic mass is 9.67. The Morgan fingerprint density at radius 1 is 1.19 bits per heavy atom. The molecule has 0 N–H and O–H groups in total. The molecule has 1 saturated carbocycles. The molecule has 2 unspecified atom stereocenters. The number of carbonyl (C=O) groups excluding carboxylic acids is 3. The van der Waals surface area contributed by atoms with Crippen molar-refractivity contribution >= 4 is 45.9 Å². The number of Topliss-reactive ketones (excluding diaryl/α,β-unsaturated/α-hetero) is 1. The molecule has 106 valence electrons. The molecule has 1 aromatic rings. The van der Waals surface area contributed by atoms with Crippen LogP contribution in [0.25, 0.3) is 0 Å². The number of imide groups is 1. The fourth-order valence-corrected chi connectivity index (χ4v) is 4.25. The number of allylic oxidation sites excluding steroid dienone is 1.